The lowest BCUT2D eigenvalue weighted by Gasteiger charge is -2.06. The second-order valence-corrected chi connectivity index (χ2v) is 13.2. The van der Waals surface area contributed by atoms with E-state index in [4.69, 9.17) is 5.11 Å². The molecule has 0 amide bonds. The molecule has 2 aromatic rings. The van der Waals surface area contributed by atoms with E-state index in [0.29, 0.717) is 6.42 Å². The van der Waals surface area contributed by atoms with Gasteiger partial charge in [-0.2, -0.15) is 0 Å². The van der Waals surface area contributed by atoms with Crippen LogP contribution < -0.4 is 4.57 Å². The number of benzene rings is 1. The fourth-order valence-electron chi connectivity index (χ4n) is 6.28. The zero-order valence-corrected chi connectivity index (χ0v) is 28.6. The van der Waals surface area contributed by atoms with E-state index in [1.165, 1.54) is 159 Å². The molecule has 1 heterocycles. The molecule has 2 N–H and O–H groups in total. The monoisotopic (exact) mass is 622 g/mol. The smallest absolute Gasteiger partial charge is 0.339 e. The minimum atomic E-state index is -1.22. The number of ketones is 1. The summed E-state index contributed by atoms with van der Waals surface area (Å²) in [6.07, 6.45) is 36.1. The molecule has 0 saturated carbocycles. The molecule has 0 aliphatic carbocycles. The summed E-state index contributed by atoms with van der Waals surface area (Å²) < 4.78 is 2.39. The number of para-hydroxylation sites is 1. The van der Waals surface area contributed by atoms with Gasteiger partial charge in [0.15, 0.2) is 18.2 Å². The van der Waals surface area contributed by atoms with Crippen LogP contribution in [0.4, 0.5) is 0 Å². The van der Waals surface area contributed by atoms with E-state index in [-0.39, 0.29) is 16.9 Å². The molecule has 45 heavy (non-hydrogen) atoms. The summed E-state index contributed by atoms with van der Waals surface area (Å²) in [4.78, 5) is 23.5. The van der Waals surface area contributed by atoms with Gasteiger partial charge in [0.25, 0.3) is 0 Å². The molecule has 252 valence electrons. The number of pyridine rings is 1. The average molecular weight is 623 g/mol. The first-order chi connectivity index (χ1) is 22.0. The number of hydrogen-bond acceptors (Lipinski definition) is 3. The predicted molar refractivity (Wildman–Crippen MR) is 186 cm³/mol. The van der Waals surface area contributed by atoms with Gasteiger partial charge in [-0.15, -0.1) is 0 Å². The van der Waals surface area contributed by atoms with Crippen LogP contribution in [0, 0.1) is 0 Å². The van der Waals surface area contributed by atoms with Gasteiger partial charge in [-0.1, -0.05) is 135 Å². The zero-order chi connectivity index (χ0) is 32.4. The Morgan fingerprint density at radius 1 is 0.600 bits per heavy atom. The quantitative estimate of drug-likeness (QED) is 0.0537. The minimum absolute atomic E-state index is 0.116. The molecule has 5 nitrogen and oxygen atoms in total. The fraction of sp³-hybridized carbons (Fsp3) is 0.675. The number of carboxylic acids is 1. The molecule has 2 rings (SSSR count). The summed E-state index contributed by atoms with van der Waals surface area (Å²) in [5.74, 6) is -1.82. The zero-order valence-electron chi connectivity index (χ0n) is 28.6. The number of nitrogens with zero attached hydrogens (tertiary/aromatic N) is 1. The highest BCUT2D eigenvalue weighted by Gasteiger charge is 2.17. The van der Waals surface area contributed by atoms with E-state index in [9.17, 15) is 14.7 Å². The highest BCUT2D eigenvalue weighted by Crippen LogP contribution is 2.24. The molecule has 1 aromatic heterocycles. The third-order valence-electron chi connectivity index (χ3n) is 9.13. The van der Waals surface area contributed by atoms with Crippen molar-refractivity contribution >= 4 is 11.8 Å². The van der Waals surface area contributed by atoms with E-state index in [1.54, 1.807) is 0 Å². The van der Waals surface area contributed by atoms with Crippen LogP contribution in [0.25, 0.3) is 0 Å². The van der Waals surface area contributed by atoms with Gasteiger partial charge < -0.3 is 10.2 Å². The van der Waals surface area contributed by atoms with E-state index < -0.39 is 11.7 Å². The summed E-state index contributed by atoms with van der Waals surface area (Å²) in [6, 6.07) is 8.81. The van der Waals surface area contributed by atoms with Crippen molar-refractivity contribution in [2.45, 2.75) is 174 Å². The van der Waals surface area contributed by atoms with Gasteiger partial charge in [-0.25, -0.2) is 9.36 Å². The van der Waals surface area contributed by atoms with Gasteiger partial charge in [0.1, 0.15) is 17.9 Å². The van der Waals surface area contributed by atoms with Crippen molar-refractivity contribution in [1.82, 2.24) is 0 Å². The van der Waals surface area contributed by atoms with Crippen LogP contribution in [0.1, 0.15) is 187 Å². The Hall–Kier alpha value is -2.69. The number of aromatic carboxylic acids is 1. The number of aromatic hydroxyl groups is 1. The van der Waals surface area contributed by atoms with Crippen molar-refractivity contribution in [2.75, 3.05) is 0 Å². The van der Waals surface area contributed by atoms with Gasteiger partial charge in [-0.05, 0) is 43.9 Å². The third-order valence-corrected chi connectivity index (χ3v) is 9.13. The van der Waals surface area contributed by atoms with Gasteiger partial charge in [0.05, 0.1) is 5.56 Å². The lowest BCUT2D eigenvalue weighted by Crippen LogP contribution is -2.33. The minimum Gasteiger partial charge on any atom is -0.506 e. The molecule has 0 aliphatic heterocycles. The van der Waals surface area contributed by atoms with Gasteiger partial charge in [0, 0.05) is 24.5 Å². The molecule has 0 bridgehead atoms. The number of hydrogen-bond donors (Lipinski definition) is 2. The lowest BCUT2D eigenvalue weighted by atomic mass is 10.00. The molecule has 1 aromatic carbocycles. The number of carbonyl (C=O) groups is 2. The highest BCUT2D eigenvalue weighted by atomic mass is 16.4. The molecular formula is C40H64NO4+. The third kappa shape index (κ3) is 18.1. The van der Waals surface area contributed by atoms with Crippen LogP contribution in [0.3, 0.4) is 0 Å². The Kier molecular flexibility index (Phi) is 21.8. The first-order valence-corrected chi connectivity index (χ1v) is 18.6. The normalized spacial score (nSPS) is 11.2. The van der Waals surface area contributed by atoms with Gasteiger partial charge >= 0.3 is 5.97 Å². The summed E-state index contributed by atoms with van der Waals surface area (Å²) in [5, 5.41) is 19.2. The van der Waals surface area contributed by atoms with Crippen LogP contribution in [0.15, 0.2) is 42.7 Å². The van der Waals surface area contributed by atoms with Crippen molar-refractivity contribution in [3.8, 4) is 5.75 Å². The lowest BCUT2D eigenvalue weighted by molar-refractivity contribution is -0.697. The molecule has 0 spiro atoms. The molecular weight excluding hydrogens is 558 g/mol. The molecule has 5 heteroatoms. The topological polar surface area (TPSA) is 78.5 Å². The largest absolute Gasteiger partial charge is 0.506 e. The SMILES string of the molecule is CCCCCCCCCCCCCCCC[n+]1cccc(CCCCCCCCCCCC(=O)c2cccc(C(=O)O)c2O)c1. The van der Waals surface area contributed by atoms with Crippen LogP contribution >= 0.6 is 0 Å². The Labute approximate surface area is 274 Å². The van der Waals surface area contributed by atoms with E-state index in [2.05, 4.69) is 36.0 Å². The second kappa shape index (κ2) is 25.5. The van der Waals surface area contributed by atoms with Crippen LogP contribution in [0.2, 0.25) is 0 Å². The number of rotatable bonds is 29. The standard InChI is InChI=1S/C40H63NO4/c1-2-3-4-5-6-7-8-9-10-11-15-18-21-24-32-41-33-26-28-35(34-41)27-22-19-16-13-12-14-17-20-23-31-38(42)36-29-25-30-37(39(36)43)40(44)45/h25-26,28-30,33-34H,2-24,27,31-32H2,1H3,(H-,42,43,44,45)/p+1. The maximum Gasteiger partial charge on any atom is 0.339 e. The fourth-order valence-corrected chi connectivity index (χ4v) is 6.28. The van der Waals surface area contributed by atoms with Gasteiger partial charge in [0.2, 0.25) is 0 Å². The molecule has 0 aliphatic rings. The van der Waals surface area contributed by atoms with Crippen molar-refractivity contribution < 1.29 is 24.4 Å². The number of aryl methyl sites for hydroxylation is 2. The highest BCUT2D eigenvalue weighted by molar-refractivity contribution is 6.02. The van der Waals surface area contributed by atoms with Crippen LogP contribution in [-0.2, 0) is 13.0 Å². The summed E-state index contributed by atoms with van der Waals surface area (Å²) in [6.45, 7) is 3.43. The van der Waals surface area contributed by atoms with Crippen molar-refractivity contribution in [1.29, 1.82) is 0 Å². The average Bonchev–Trinajstić information content (AvgIpc) is 3.03. The Bertz CT molecular complexity index is 1070. The first kappa shape index (κ1) is 38.5. The number of carbonyl (C=O) groups excluding carboxylic acids is 1. The second-order valence-electron chi connectivity index (χ2n) is 13.2. The van der Waals surface area contributed by atoms with Crippen LogP contribution in [0.5, 0.6) is 5.75 Å². The maximum absolute atomic E-state index is 12.4. The summed E-state index contributed by atoms with van der Waals surface area (Å²) in [5.41, 5.74) is 1.36. The maximum atomic E-state index is 12.4. The van der Waals surface area contributed by atoms with Crippen molar-refractivity contribution in [2.24, 2.45) is 0 Å². The van der Waals surface area contributed by atoms with E-state index in [1.807, 2.05) is 0 Å². The Morgan fingerprint density at radius 3 is 1.64 bits per heavy atom. The number of phenols is 1. The van der Waals surface area contributed by atoms with E-state index >= 15 is 0 Å². The Balaban J connectivity index is 1.40. The molecule has 0 saturated heterocycles. The molecule has 0 fully saturated rings. The molecule has 0 radical (unpaired) electrons. The van der Waals surface area contributed by atoms with Gasteiger partial charge in [-0.3, -0.25) is 4.79 Å². The predicted octanol–water partition coefficient (Wildman–Crippen LogP) is 11.2. The first-order valence-electron chi connectivity index (χ1n) is 18.6. The van der Waals surface area contributed by atoms with Crippen molar-refractivity contribution in [3.05, 3.63) is 59.4 Å². The summed E-state index contributed by atoms with van der Waals surface area (Å²) in [7, 11) is 0. The van der Waals surface area contributed by atoms with E-state index in [0.717, 1.165) is 25.8 Å². The molecule has 0 atom stereocenters. The Morgan fingerprint density at radius 2 is 1.09 bits per heavy atom. The number of carboxylic acid groups (broad SMARTS) is 1. The summed E-state index contributed by atoms with van der Waals surface area (Å²) >= 11 is 0. The number of aromatic nitrogens is 1. The molecule has 0 unspecified atom stereocenters. The van der Waals surface area contributed by atoms with Crippen molar-refractivity contribution in [3.63, 3.8) is 0 Å². The number of unbranched alkanes of at least 4 members (excludes halogenated alkanes) is 21. The number of Topliss-reactive ketones (excluding diaryl/α,β-unsaturated/α-hetero) is 1. The van der Waals surface area contributed by atoms with Crippen LogP contribution in [-0.4, -0.2) is 22.0 Å².